The summed E-state index contributed by atoms with van der Waals surface area (Å²) in [7, 11) is 0. The lowest BCUT2D eigenvalue weighted by Crippen LogP contribution is -2.34. The number of hydrogen-bond donors (Lipinski definition) is 3. The second-order valence-corrected chi connectivity index (χ2v) is 9.68. The van der Waals surface area contributed by atoms with E-state index in [9.17, 15) is 9.59 Å². The number of halogens is 1. The molecule has 204 valence electrons. The summed E-state index contributed by atoms with van der Waals surface area (Å²) < 4.78 is 11.8. The number of nitrogens with one attached hydrogen (secondary N) is 2. The molecule has 0 radical (unpaired) electrons. The normalized spacial score (nSPS) is 14.0. The van der Waals surface area contributed by atoms with Crippen molar-refractivity contribution in [3.05, 3.63) is 51.7 Å². The van der Waals surface area contributed by atoms with Crippen LogP contribution in [0.15, 0.2) is 39.8 Å². The lowest BCUT2D eigenvalue weighted by molar-refractivity contribution is -0.121. The number of pyridine rings is 1. The van der Waals surface area contributed by atoms with Gasteiger partial charge in [-0.2, -0.15) is 9.97 Å². The molecular formula is C26H29ClN8O4. The van der Waals surface area contributed by atoms with E-state index in [1.807, 2.05) is 0 Å². The molecule has 0 spiro atoms. The first kappa shape index (κ1) is 26.7. The number of aromatic nitrogens is 5. The van der Waals surface area contributed by atoms with Crippen LogP contribution in [0.1, 0.15) is 25.2 Å². The third kappa shape index (κ3) is 6.08. The largest absolute Gasteiger partial charge is 0.381 e. The Morgan fingerprint density at radius 2 is 2.03 bits per heavy atom. The van der Waals surface area contributed by atoms with Gasteiger partial charge >= 0.3 is 0 Å². The van der Waals surface area contributed by atoms with E-state index < -0.39 is 5.56 Å². The van der Waals surface area contributed by atoms with Crippen LogP contribution in [0, 0.1) is 6.92 Å². The Morgan fingerprint density at radius 1 is 1.21 bits per heavy atom. The van der Waals surface area contributed by atoms with E-state index in [2.05, 4.69) is 30.7 Å². The van der Waals surface area contributed by atoms with E-state index in [1.165, 1.54) is 4.57 Å². The molecule has 0 unspecified atom stereocenters. The van der Waals surface area contributed by atoms with Gasteiger partial charge in [-0.15, -0.1) is 0 Å². The molecule has 1 amide bonds. The van der Waals surface area contributed by atoms with Crippen LogP contribution in [0.4, 0.5) is 5.95 Å². The topological polar surface area (TPSA) is 163 Å². The average Bonchev–Trinajstić information content (AvgIpc) is 3.37. The maximum absolute atomic E-state index is 13.8. The maximum atomic E-state index is 13.8. The highest BCUT2D eigenvalue weighted by Gasteiger charge is 2.20. The number of carbonyl (C=O) groups excluding carboxylic acids is 1. The van der Waals surface area contributed by atoms with Gasteiger partial charge in [-0.1, -0.05) is 28.9 Å². The Balaban J connectivity index is 1.55. The molecule has 4 aromatic rings. The number of nitrogens with zero attached hydrogens (tertiary/aromatic N) is 5. The number of anilines is 1. The van der Waals surface area contributed by atoms with Crippen molar-refractivity contribution in [2.75, 3.05) is 31.6 Å². The summed E-state index contributed by atoms with van der Waals surface area (Å²) >= 11 is 6.64. The van der Waals surface area contributed by atoms with Gasteiger partial charge in [0.25, 0.3) is 5.56 Å². The van der Waals surface area contributed by atoms with E-state index in [1.54, 1.807) is 37.4 Å². The molecule has 0 saturated carbocycles. The van der Waals surface area contributed by atoms with Crippen LogP contribution < -0.4 is 21.9 Å². The van der Waals surface area contributed by atoms with Crippen LogP contribution in [-0.2, 0) is 16.1 Å². The number of carbonyl (C=O) groups is 1. The van der Waals surface area contributed by atoms with Crippen molar-refractivity contribution >= 4 is 34.5 Å². The first-order chi connectivity index (χ1) is 18.9. The van der Waals surface area contributed by atoms with Crippen LogP contribution in [-0.4, -0.2) is 62.9 Å². The number of amides is 1. The highest BCUT2D eigenvalue weighted by Crippen LogP contribution is 2.31. The highest BCUT2D eigenvalue weighted by molar-refractivity contribution is 6.33. The van der Waals surface area contributed by atoms with Gasteiger partial charge in [-0.25, -0.2) is 4.98 Å². The Bertz CT molecular complexity index is 1550. The zero-order valence-electron chi connectivity index (χ0n) is 21.4. The molecule has 12 nitrogen and oxygen atoms in total. The molecule has 1 saturated heterocycles. The summed E-state index contributed by atoms with van der Waals surface area (Å²) in [5, 5.41) is 11.0. The van der Waals surface area contributed by atoms with Crippen LogP contribution in [0.3, 0.4) is 0 Å². The van der Waals surface area contributed by atoms with Crippen molar-refractivity contribution in [3.8, 4) is 22.5 Å². The Labute approximate surface area is 228 Å². The quantitative estimate of drug-likeness (QED) is 0.263. The number of aryl methyl sites for hydroxylation is 1. The monoisotopic (exact) mass is 552 g/mol. The van der Waals surface area contributed by atoms with Gasteiger partial charge < -0.3 is 25.6 Å². The Hall–Kier alpha value is -3.87. The first-order valence-electron chi connectivity index (χ1n) is 12.7. The lowest BCUT2D eigenvalue weighted by Gasteiger charge is -2.23. The summed E-state index contributed by atoms with van der Waals surface area (Å²) in [6, 6.07) is 7.01. The number of rotatable bonds is 9. The molecule has 13 heteroatoms. The van der Waals surface area contributed by atoms with Gasteiger partial charge in [0.1, 0.15) is 12.2 Å². The molecule has 1 aliphatic rings. The summed E-state index contributed by atoms with van der Waals surface area (Å²) in [6.07, 6.45) is 3.92. The van der Waals surface area contributed by atoms with E-state index in [0.717, 1.165) is 12.8 Å². The number of ether oxygens (including phenoxy) is 1. The van der Waals surface area contributed by atoms with Gasteiger partial charge in [0.2, 0.25) is 23.6 Å². The molecule has 0 bridgehead atoms. The molecule has 0 atom stereocenters. The fourth-order valence-electron chi connectivity index (χ4n) is 4.41. The summed E-state index contributed by atoms with van der Waals surface area (Å²) in [4.78, 5) is 39.9. The van der Waals surface area contributed by atoms with E-state index in [4.69, 9.17) is 26.6 Å². The fraction of sp³-hybridized carbons (Fsp3) is 0.385. The minimum atomic E-state index is -0.405. The predicted octanol–water partition coefficient (Wildman–Crippen LogP) is 2.53. The maximum Gasteiger partial charge on any atom is 0.260 e. The molecule has 0 aliphatic carbocycles. The molecular weight excluding hydrogens is 524 g/mol. The van der Waals surface area contributed by atoms with Gasteiger partial charge in [0.05, 0.1) is 0 Å². The van der Waals surface area contributed by atoms with Gasteiger partial charge in [0.15, 0.2) is 0 Å². The van der Waals surface area contributed by atoms with Crippen LogP contribution >= 0.6 is 11.6 Å². The highest BCUT2D eigenvalue weighted by atomic mass is 35.5. The zero-order chi connectivity index (χ0) is 27.4. The molecule has 1 fully saturated rings. The van der Waals surface area contributed by atoms with Crippen LogP contribution in [0.2, 0.25) is 5.02 Å². The van der Waals surface area contributed by atoms with E-state index >= 15 is 0 Å². The summed E-state index contributed by atoms with van der Waals surface area (Å²) in [5.41, 5.74) is 6.94. The first-order valence-corrected chi connectivity index (χ1v) is 13.1. The number of nitrogens with two attached hydrogens (primary N) is 1. The molecule has 4 N–H and O–H groups in total. The van der Waals surface area contributed by atoms with Gasteiger partial charge in [-0.05, 0) is 37.9 Å². The van der Waals surface area contributed by atoms with Crippen LogP contribution in [0.5, 0.6) is 0 Å². The van der Waals surface area contributed by atoms with Crippen molar-refractivity contribution < 1.29 is 14.1 Å². The second-order valence-electron chi connectivity index (χ2n) is 9.28. The Morgan fingerprint density at radius 3 is 2.74 bits per heavy atom. The smallest absolute Gasteiger partial charge is 0.260 e. The Kier molecular flexibility index (Phi) is 8.15. The lowest BCUT2D eigenvalue weighted by atomic mass is 10.0. The van der Waals surface area contributed by atoms with Crippen molar-refractivity contribution in [1.82, 2.24) is 30.0 Å². The molecule has 4 heterocycles. The predicted molar refractivity (Wildman–Crippen MR) is 146 cm³/mol. The number of hydrogen-bond acceptors (Lipinski definition) is 10. The summed E-state index contributed by atoms with van der Waals surface area (Å²) in [5.74, 6) is 0.883. The van der Waals surface area contributed by atoms with Crippen LogP contribution in [0.25, 0.3) is 33.5 Å². The molecule has 3 aromatic heterocycles. The molecule has 39 heavy (non-hydrogen) atoms. The van der Waals surface area contributed by atoms with Crippen molar-refractivity contribution in [2.24, 2.45) is 5.73 Å². The SMILES string of the molecule is Cc1nc(-c2ccc(-c3cc4cnc(NC5CCOCC5)nc4n(CC(=O)NCCCN)c3=O)c(Cl)c2)no1. The molecule has 1 aromatic carbocycles. The van der Waals surface area contributed by atoms with Gasteiger partial charge in [-0.3, -0.25) is 14.2 Å². The van der Waals surface area contributed by atoms with Crippen molar-refractivity contribution in [1.29, 1.82) is 0 Å². The van der Waals surface area contributed by atoms with Crippen molar-refractivity contribution in [3.63, 3.8) is 0 Å². The summed E-state index contributed by atoms with van der Waals surface area (Å²) in [6.45, 7) is 3.66. The second kappa shape index (κ2) is 11.9. The third-order valence-corrected chi connectivity index (χ3v) is 6.74. The average molecular weight is 553 g/mol. The minimum Gasteiger partial charge on any atom is -0.381 e. The number of benzene rings is 1. The van der Waals surface area contributed by atoms with Crippen molar-refractivity contribution in [2.45, 2.75) is 38.8 Å². The van der Waals surface area contributed by atoms with E-state index in [-0.39, 0.29) is 18.5 Å². The molecule has 1 aliphatic heterocycles. The number of fused-ring (bicyclic) bond motifs is 1. The molecule has 5 rings (SSSR count). The zero-order valence-corrected chi connectivity index (χ0v) is 22.2. The minimum absolute atomic E-state index is 0.163. The van der Waals surface area contributed by atoms with E-state index in [0.29, 0.717) is 83.1 Å². The third-order valence-electron chi connectivity index (χ3n) is 6.43. The standard InChI is InChI=1S/C26H29ClN8O4/c1-15-31-23(34-39-15)16-3-4-19(21(27)12-16)20-11-17-13-30-26(32-18-5-9-38-10-6-18)33-24(17)35(25(20)37)14-22(36)29-8-2-7-28/h3-4,11-13,18H,2,5-10,14,28H2,1H3,(H,29,36)(H,30,32,33). The van der Waals surface area contributed by atoms with Gasteiger partial charge in [0, 0.05) is 66.0 Å². The fourth-order valence-corrected chi connectivity index (χ4v) is 4.69.